The molecule has 9 atom stereocenters. The predicted octanol–water partition coefficient (Wildman–Crippen LogP) is 2.99. The number of aliphatic hydroxyl groups excluding tert-OH is 2. The van der Waals surface area contributed by atoms with Crippen LogP contribution >= 0.6 is 0 Å². The Morgan fingerprint density at radius 1 is 0.909 bits per heavy atom. The average molecular weight is 308 g/mol. The zero-order valence-corrected chi connectivity index (χ0v) is 14.1. The number of hydrogen-bond donors (Lipinski definition) is 2. The lowest BCUT2D eigenvalue weighted by atomic mass is 9.50. The number of rotatable bonds is 1. The van der Waals surface area contributed by atoms with Gasteiger partial charge in [-0.05, 0) is 86.4 Å². The summed E-state index contributed by atoms with van der Waals surface area (Å²) in [5, 5.41) is 20.7. The summed E-state index contributed by atoms with van der Waals surface area (Å²) in [7, 11) is 1.75. The Morgan fingerprint density at radius 2 is 1.73 bits per heavy atom. The van der Waals surface area contributed by atoms with Crippen LogP contribution < -0.4 is 0 Å². The molecule has 3 nitrogen and oxygen atoms in total. The van der Waals surface area contributed by atoms with Gasteiger partial charge in [0, 0.05) is 7.11 Å². The van der Waals surface area contributed by atoms with E-state index < -0.39 is 0 Å². The second-order valence-electron chi connectivity index (χ2n) is 8.89. The van der Waals surface area contributed by atoms with Gasteiger partial charge in [-0.2, -0.15) is 0 Å². The first-order valence-corrected chi connectivity index (χ1v) is 9.43. The molecule has 4 fully saturated rings. The van der Waals surface area contributed by atoms with Gasteiger partial charge in [-0.25, -0.2) is 0 Å². The Kier molecular flexibility index (Phi) is 3.82. The summed E-state index contributed by atoms with van der Waals surface area (Å²) in [6, 6.07) is 0. The fourth-order valence-electron chi connectivity index (χ4n) is 7.01. The zero-order valence-electron chi connectivity index (χ0n) is 14.1. The number of fused-ring (bicyclic) bond motifs is 5. The van der Waals surface area contributed by atoms with Crippen molar-refractivity contribution in [3.05, 3.63) is 0 Å². The molecule has 0 aromatic carbocycles. The lowest BCUT2D eigenvalue weighted by Gasteiger charge is -2.56. The third-order valence-electron chi connectivity index (χ3n) is 8.25. The van der Waals surface area contributed by atoms with Crippen LogP contribution in [0.25, 0.3) is 0 Å². The molecule has 22 heavy (non-hydrogen) atoms. The highest BCUT2D eigenvalue weighted by Crippen LogP contribution is 2.62. The van der Waals surface area contributed by atoms with E-state index in [1.165, 1.54) is 32.1 Å². The first kappa shape index (κ1) is 15.4. The minimum Gasteiger partial charge on any atom is -0.393 e. The van der Waals surface area contributed by atoms with Crippen molar-refractivity contribution in [3.63, 3.8) is 0 Å². The third kappa shape index (κ3) is 2.12. The Balaban J connectivity index is 1.56. The first-order valence-electron chi connectivity index (χ1n) is 9.43. The molecule has 0 heterocycles. The van der Waals surface area contributed by atoms with E-state index in [1.807, 2.05) is 0 Å². The van der Waals surface area contributed by atoms with Crippen molar-refractivity contribution in [1.29, 1.82) is 0 Å². The summed E-state index contributed by atoms with van der Waals surface area (Å²) < 4.78 is 5.57. The molecule has 4 rings (SSSR count). The SMILES string of the molecule is COC1CC2C(CCC3C2CC[C@@]2(C)C3CC[C@@H]2O)CC1O. The largest absolute Gasteiger partial charge is 0.393 e. The highest BCUT2D eigenvalue weighted by molar-refractivity contribution is 5.06. The molecule has 4 saturated carbocycles. The van der Waals surface area contributed by atoms with Gasteiger partial charge in [-0.3, -0.25) is 0 Å². The molecule has 4 aliphatic carbocycles. The number of hydrogen-bond acceptors (Lipinski definition) is 3. The van der Waals surface area contributed by atoms with E-state index >= 15 is 0 Å². The average Bonchev–Trinajstić information content (AvgIpc) is 2.82. The van der Waals surface area contributed by atoms with Crippen LogP contribution in [0.5, 0.6) is 0 Å². The fourth-order valence-corrected chi connectivity index (χ4v) is 7.01. The minimum atomic E-state index is -0.259. The van der Waals surface area contributed by atoms with E-state index in [2.05, 4.69) is 6.92 Å². The van der Waals surface area contributed by atoms with Gasteiger partial charge in [0.2, 0.25) is 0 Å². The highest BCUT2D eigenvalue weighted by atomic mass is 16.5. The van der Waals surface area contributed by atoms with Crippen molar-refractivity contribution in [3.8, 4) is 0 Å². The highest BCUT2D eigenvalue weighted by Gasteiger charge is 2.57. The van der Waals surface area contributed by atoms with Crippen LogP contribution in [-0.2, 0) is 4.74 Å². The van der Waals surface area contributed by atoms with Gasteiger partial charge in [0.05, 0.1) is 18.3 Å². The van der Waals surface area contributed by atoms with E-state index in [4.69, 9.17) is 4.74 Å². The van der Waals surface area contributed by atoms with Crippen molar-refractivity contribution in [2.75, 3.05) is 7.11 Å². The smallest absolute Gasteiger partial charge is 0.0833 e. The summed E-state index contributed by atoms with van der Waals surface area (Å²) in [5.74, 6) is 3.81. The van der Waals surface area contributed by atoms with Crippen LogP contribution in [-0.4, -0.2) is 35.6 Å². The van der Waals surface area contributed by atoms with Gasteiger partial charge in [0.25, 0.3) is 0 Å². The van der Waals surface area contributed by atoms with Crippen molar-refractivity contribution in [2.45, 2.75) is 76.6 Å². The molecule has 0 aromatic heterocycles. The van der Waals surface area contributed by atoms with Crippen LogP contribution in [0.1, 0.15) is 58.3 Å². The summed E-state index contributed by atoms with van der Waals surface area (Å²) >= 11 is 0. The van der Waals surface area contributed by atoms with Gasteiger partial charge in [0.1, 0.15) is 0 Å². The normalized spacial score (nSPS) is 57.8. The van der Waals surface area contributed by atoms with Crippen LogP contribution in [0.4, 0.5) is 0 Å². The molecule has 0 saturated heterocycles. The predicted molar refractivity (Wildman–Crippen MR) is 85.3 cm³/mol. The van der Waals surface area contributed by atoms with E-state index in [-0.39, 0.29) is 23.7 Å². The van der Waals surface area contributed by atoms with E-state index in [9.17, 15) is 10.2 Å². The second-order valence-corrected chi connectivity index (χ2v) is 8.89. The summed E-state index contributed by atoms with van der Waals surface area (Å²) in [6.07, 6.45) is 9.02. The molecule has 0 bridgehead atoms. The molecule has 0 amide bonds. The molecular weight excluding hydrogens is 276 g/mol. The van der Waals surface area contributed by atoms with Crippen molar-refractivity contribution < 1.29 is 14.9 Å². The number of methoxy groups -OCH3 is 1. The molecule has 0 spiro atoms. The fraction of sp³-hybridized carbons (Fsp3) is 1.00. The van der Waals surface area contributed by atoms with Gasteiger partial charge in [-0.15, -0.1) is 0 Å². The monoisotopic (exact) mass is 308 g/mol. The van der Waals surface area contributed by atoms with Crippen molar-refractivity contribution in [2.24, 2.45) is 35.0 Å². The second kappa shape index (κ2) is 5.46. The molecule has 4 aliphatic rings. The van der Waals surface area contributed by atoms with Crippen molar-refractivity contribution >= 4 is 0 Å². The summed E-state index contributed by atoms with van der Waals surface area (Å²) in [6.45, 7) is 2.35. The molecule has 126 valence electrons. The van der Waals surface area contributed by atoms with Crippen LogP contribution in [0.15, 0.2) is 0 Å². The molecule has 3 heteroatoms. The number of aliphatic hydroxyl groups is 2. The quantitative estimate of drug-likeness (QED) is 0.783. The maximum absolute atomic E-state index is 10.5. The first-order chi connectivity index (χ1) is 10.5. The van der Waals surface area contributed by atoms with Gasteiger partial charge >= 0.3 is 0 Å². The van der Waals surface area contributed by atoms with Gasteiger partial charge < -0.3 is 14.9 Å². The Bertz CT molecular complexity index is 425. The van der Waals surface area contributed by atoms with Gasteiger partial charge in [-0.1, -0.05) is 6.92 Å². The summed E-state index contributed by atoms with van der Waals surface area (Å²) in [5.41, 5.74) is 0.183. The molecule has 2 N–H and O–H groups in total. The molecular formula is C19H32O3. The van der Waals surface area contributed by atoms with Gasteiger partial charge in [0.15, 0.2) is 0 Å². The molecule has 7 unspecified atom stereocenters. The standard InChI is InChI=1S/C19H32O3/c1-19-8-7-12-13(15(19)5-6-18(19)21)4-3-11-9-16(20)17(22-2)10-14(11)12/h11-18,20-21H,3-10H2,1-2H3/t11?,12?,13?,14?,15?,16?,17?,18-,19-/m0/s1. The maximum atomic E-state index is 10.5. The number of ether oxygens (including phenoxy) is 1. The third-order valence-corrected chi connectivity index (χ3v) is 8.25. The topological polar surface area (TPSA) is 49.7 Å². The van der Waals surface area contributed by atoms with E-state index in [1.54, 1.807) is 7.11 Å². The van der Waals surface area contributed by atoms with Crippen molar-refractivity contribution in [1.82, 2.24) is 0 Å². The zero-order chi connectivity index (χ0) is 15.5. The van der Waals surface area contributed by atoms with E-state index in [0.717, 1.165) is 42.9 Å². The molecule has 0 aromatic rings. The Labute approximate surface area is 134 Å². The lowest BCUT2D eigenvalue weighted by Crippen LogP contribution is -2.52. The maximum Gasteiger partial charge on any atom is 0.0833 e. The minimum absolute atomic E-state index is 0.0440. The Morgan fingerprint density at radius 3 is 2.50 bits per heavy atom. The van der Waals surface area contributed by atoms with Crippen LogP contribution in [0.2, 0.25) is 0 Å². The van der Waals surface area contributed by atoms with Crippen LogP contribution in [0, 0.1) is 35.0 Å². The Hall–Kier alpha value is -0.120. The lowest BCUT2D eigenvalue weighted by molar-refractivity contribution is -0.127. The van der Waals surface area contributed by atoms with Crippen LogP contribution in [0.3, 0.4) is 0 Å². The van der Waals surface area contributed by atoms with E-state index in [0.29, 0.717) is 5.92 Å². The molecule has 0 aliphatic heterocycles. The molecule has 0 radical (unpaired) electrons. The summed E-state index contributed by atoms with van der Waals surface area (Å²) in [4.78, 5) is 0.